The maximum absolute atomic E-state index is 10.2. The van der Waals surface area contributed by atoms with E-state index in [1.54, 1.807) is 24.9 Å². The quantitative estimate of drug-likeness (QED) is 0.708. The lowest BCUT2D eigenvalue weighted by molar-refractivity contribution is 0.0934. The lowest BCUT2D eigenvalue weighted by Gasteiger charge is -2.19. The molecule has 0 amide bonds. The molecule has 2 heterocycles. The molecule has 142 valence electrons. The number of ether oxygens (including phenoxy) is 2. The Kier molecular flexibility index (Phi) is 6.39. The summed E-state index contributed by atoms with van der Waals surface area (Å²) in [7, 11) is 3.60. The van der Waals surface area contributed by atoms with Gasteiger partial charge in [0.05, 0.1) is 26.3 Å². The molecule has 1 aromatic carbocycles. The Morgan fingerprint density at radius 3 is 2.88 bits per heavy atom. The zero-order valence-electron chi connectivity index (χ0n) is 15.5. The van der Waals surface area contributed by atoms with E-state index >= 15 is 0 Å². The van der Waals surface area contributed by atoms with Crippen LogP contribution in [0.2, 0.25) is 0 Å². The van der Waals surface area contributed by atoms with E-state index in [0.717, 1.165) is 42.5 Å². The van der Waals surface area contributed by atoms with Crippen LogP contribution in [0.15, 0.2) is 23.4 Å². The van der Waals surface area contributed by atoms with Crippen molar-refractivity contribution in [1.82, 2.24) is 19.7 Å². The normalized spacial score (nSPS) is 17.2. The molecule has 8 heteroatoms. The first-order valence-corrected chi connectivity index (χ1v) is 9.95. The van der Waals surface area contributed by atoms with Gasteiger partial charge in [0.1, 0.15) is 17.3 Å². The molecule has 1 N–H and O–H groups in total. The van der Waals surface area contributed by atoms with Gasteiger partial charge in [0.2, 0.25) is 0 Å². The van der Waals surface area contributed by atoms with Crippen LogP contribution >= 0.6 is 11.8 Å². The number of nitrogens with zero attached hydrogens (tertiary/aromatic N) is 4. The van der Waals surface area contributed by atoms with Gasteiger partial charge >= 0.3 is 0 Å². The van der Waals surface area contributed by atoms with Crippen LogP contribution < -0.4 is 4.74 Å². The molecule has 0 radical (unpaired) electrons. The minimum Gasteiger partial charge on any atom is -0.507 e. The highest BCUT2D eigenvalue weighted by Gasteiger charge is 2.21. The molecule has 1 aromatic heterocycles. The number of aromatic hydroxyl groups is 1. The molecule has 1 aliphatic rings. The lowest BCUT2D eigenvalue weighted by atomic mass is 10.2. The molecule has 2 aromatic rings. The predicted octanol–water partition coefficient (Wildman–Crippen LogP) is 2.53. The average molecular weight is 378 g/mol. The van der Waals surface area contributed by atoms with E-state index in [9.17, 15) is 5.11 Å². The molecule has 1 aliphatic heterocycles. The molecule has 26 heavy (non-hydrogen) atoms. The molecular weight excluding hydrogens is 352 g/mol. The van der Waals surface area contributed by atoms with E-state index < -0.39 is 0 Å². The third kappa shape index (κ3) is 4.49. The van der Waals surface area contributed by atoms with Crippen molar-refractivity contribution in [2.24, 2.45) is 0 Å². The number of hydrogen-bond acceptors (Lipinski definition) is 7. The van der Waals surface area contributed by atoms with Crippen molar-refractivity contribution in [3.8, 4) is 11.5 Å². The number of rotatable bonds is 8. The van der Waals surface area contributed by atoms with Gasteiger partial charge in [-0.15, -0.1) is 10.2 Å². The fourth-order valence-corrected chi connectivity index (χ4v) is 3.68. The van der Waals surface area contributed by atoms with Crippen molar-refractivity contribution in [3.63, 3.8) is 0 Å². The third-order valence-corrected chi connectivity index (χ3v) is 5.20. The highest BCUT2D eigenvalue weighted by Crippen LogP contribution is 2.25. The first-order valence-electron chi connectivity index (χ1n) is 8.72. The zero-order chi connectivity index (χ0) is 18.5. The largest absolute Gasteiger partial charge is 0.507 e. The SMILES string of the molecule is COc1ccc(CN(C)Cc2nnc(SC)n2C[C@H]2CCCO2)c(O)c1. The Bertz CT molecular complexity index is 731. The van der Waals surface area contributed by atoms with Crippen LogP contribution in [0.1, 0.15) is 24.2 Å². The number of phenols is 1. The highest BCUT2D eigenvalue weighted by atomic mass is 32.2. The second-order valence-corrected chi connectivity index (χ2v) is 7.29. The van der Waals surface area contributed by atoms with Crippen molar-refractivity contribution in [2.75, 3.05) is 27.0 Å². The fraction of sp³-hybridized carbons (Fsp3) is 0.556. The van der Waals surface area contributed by atoms with Crippen molar-refractivity contribution in [2.45, 2.75) is 43.7 Å². The summed E-state index contributed by atoms with van der Waals surface area (Å²) in [6.45, 7) is 2.89. The van der Waals surface area contributed by atoms with E-state index in [2.05, 4.69) is 19.7 Å². The van der Waals surface area contributed by atoms with E-state index in [-0.39, 0.29) is 11.9 Å². The monoisotopic (exact) mass is 378 g/mol. The molecule has 0 bridgehead atoms. The molecule has 0 saturated carbocycles. The van der Waals surface area contributed by atoms with Crippen LogP contribution in [-0.4, -0.2) is 57.9 Å². The van der Waals surface area contributed by atoms with Gasteiger partial charge in [-0.25, -0.2) is 0 Å². The molecule has 7 nitrogen and oxygen atoms in total. The van der Waals surface area contributed by atoms with Crippen LogP contribution in [0, 0.1) is 0 Å². The zero-order valence-corrected chi connectivity index (χ0v) is 16.3. The second-order valence-electron chi connectivity index (χ2n) is 6.52. The summed E-state index contributed by atoms with van der Waals surface area (Å²) in [5.41, 5.74) is 0.851. The van der Waals surface area contributed by atoms with Crippen molar-refractivity contribution in [1.29, 1.82) is 0 Å². The van der Waals surface area contributed by atoms with Gasteiger partial charge in [-0.2, -0.15) is 0 Å². The van der Waals surface area contributed by atoms with Crippen LogP contribution in [0.25, 0.3) is 0 Å². The Morgan fingerprint density at radius 1 is 1.38 bits per heavy atom. The van der Waals surface area contributed by atoms with Gasteiger partial charge in [-0.1, -0.05) is 17.8 Å². The number of hydrogen-bond donors (Lipinski definition) is 1. The van der Waals surface area contributed by atoms with E-state index in [1.807, 2.05) is 25.4 Å². The molecule has 0 unspecified atom stereocenters. The van der Waals surface area contributed by atoms with Crippen molar-refractivity contribution in [3.05, 3.63) is 29.6 Å². The lowest BCUT2D eigenvalue weighted by Crippen LogP contribution is -2.23. The molecule has 1 fully saturated rings. The summed E-state index contributed by atoms with van der Waals surface area (Å²) in [6.07, 6.45) is 4.46. The van der Waals surface area contributed by atoms with Crippen LogP contribution in [0.3, 0.4) is 0 Å². The van der Waals surface area contributed by atoms with Crippen LogP contribution in [0.4, 0.5) is 0 Å². The summed E-state index contributed by atoms with van der Waals surface area (Å²) >= 11 is 1.60. The Balaban J connectivity index is 1.68. The fourth-order valence-electron chi connectivity index (χ4n) is 3.15. The Hall–Kier alpha value is -1.77. The Morgan fingerprint density at radius 2 is 2.23 bits per heavy atom. The van der Waals surface area contributed by atoms with Gasteiger partial charge < -0.3 is 19.1 Å². The van der Waals surface area contributed by atoms with E-state index in [0.29, 0.717) is 18.8 Å². The molecule has 1 saturated heterocycles. The minimum absolute atomic E-state index is 0.238. The smallest absolute Gasteiger partial charge is 0.191 e. The summed E-state index contributed by atoms with van der Waals surface area (Å²) in [4.78, 5) is 2.11. The standard InChI is InChI=1S/C18H26N4O3S/c1-21(10-13-6-7-14(24-2)9-16(13)23)12-17-19-20-18(26-3)22(17)11-15-5-4-8-25-15/h6-7,9,15,23H,4-5,8,10-12H2,1-3H3/t15-/m1/s1. The van der Waals surface area contributed by atoms with Crippen molar-refractivity contribution < 1.29 is 14.6 Å². The number of thioether (sulfide) groups is 1. The van der Waals surface area contributed by atoms with Crippen LogP contribution in [0.5, 0.6) is 11.5 Å². The van der Waals surface area contributed by atoms with Gasteiger partial charge in [-0.3, -0.25) is 4.90 Å². The van der Waals surface area contributed by atoms with Gasteiger partial charge in [-0.05, 0) is 32.2 Å². The molecule has 0 spiro atoms. The molecular formula is C18H26N4O3S. The number of methoxy groups -OCH3 is 1. The Labute approximate surface area is 158 Å². The number of aromatic nitrogens is 3. The van der Waals surface area contributed by atoms with Crippen molar-refractivity contribution >= 4 is 11.8 Å². The average Bonchev–Trinajstić information content (AvgIpc) is 3.27. The van der Waals surface area contributed by atoms with Gasteiger partial charge in [0.15, 0.2) is 5.16 Å². The molecule has 0 aliphatic carbocycles. The summed E-state index contributed by atoms with van der Waals surface area (Å²) in [5.74, 6) is 1.80. The summed E-state index contributed by atoms with van der Waals surface area (Å²) < 4.78 is 13.1. The summed E-state index contributed by atoms with van der Waals surface area (Å²) in [6, 6.07) is 5.37. The maximum atomic E-state index is 10.2. The predicted molar refractivity (Wildman–Crippen MR) is 101 cm³/mol. The third-order valence-electron chi connectivity index (χ3n) is 4.53. The highest BCUT2D eigenvalue weighted by molar-refractivity contribution is 7.98. The summed E-state index contributed by atoms with van der Waals surface area (Å²) in [5, 5.41) is 19.8. The first-order chi connectivity index (χ1) is 12.6. The second kappa shape index (κ2) is 8.75. The number of benzene rings is 1. The van der Waals surface area contributed by atoms with Gasteiger partial charge in [0, 0.05) is 24.8 Å². The molecule has 3 rings (SSSR count). The van der Waals surface area contributed by atoms with Gasteiger partial charge in [0.25, 0.3) is 0 Å². The molecule has 1 atom stereocenters. The minimum atomic E-state index is 0.238. The first kappa shape index (κ1) is 19.0. The van der Waals surface area contributed by atoms with E-state index in [4.69, 9.17) is 9.47 Å². The number of phenolic OH excluding ortho intramolecular Hbond substituents is 1. The van der Waals surface area contributed by atoms with Crippen LogP contribution in [-0.2, 0) is 24.4 Å². The maximum Gasteiger partial charge on any atom is 0.191 e. The van der Waals surface area contributed by atoms with E-state index in [1.165, 1.54) is 0 Å². The topological polar surface area (TPSA) is 72.6 Å².